The number of aromatic amines is 1. The first-order valence-electron chi connectivity index (χ1n) is 7.18. The van der Waals surface area contributed by atoms with Crippen molar-refractivity contribution in [2.45, 2.75) is 18.8 Å². The van der Waals surface area contributed by atoms with E-state index in [1.165, 1.54) is 18.5 Å². The molecule has 3 nitrogen and oxygen atoms in total. The highest BCUT2D eigenvalue weighted by Gasteiger charge is 2.25. The number of H-pyrrole nitrogens is 1. The maximum atomic E-state index is 11.4. The summed E-state index contributed by atoms with van der Waals surface area (Å²) in [6.45, 7) is 0. The molecule has 1 aliphatic rings. The molecule has 0 saturated heterocycles. The Bertz CT molecular complexity index is 843. The number of aromatic nitrogens is 1. The molecule has 3 heteroatoms. The summed E-state index contributed by atoms with van der Waals surface area (Å²) in [6, 6.07) is 15.4. The Hall–Kier alpha value is -2.55. The van der Waals surface area contributed by atoms with Gasteiger partial charge in [0.05, 0.1) is 5.56 Å². The standard InChI is InChI=1S/C18H15NO2/c20-18(21)14-5-2-1-4-12(14)13-6-3-7-16-15(13)10-17(19-16)11-8-9-11/h1-7,10-11,19H,8-9H2,(H,20,21). The molecule has 21 heavy (non-hydrogen) atoms. The van der Waals surface area contributed by atoms with E-state index in [4.69, 9.17) is 0 Å². The third-order valence-electron chi connectivity index (χ3n) is 4.15. The van der Waals surface area contributed by atoms with Crippen LogP contribution in [0.15, 0.2) is 48.5 Å². The van der Waals surface area contributed by atoms with Crippen molar-refractivity contribution in [1.82, 2.24) is 4.98 Å². The smallest absolute Gasteiger partial charge is 0.336 e. The molecule has 0 amide bonds. The Kier molecular flexibility index (Phi) is 2.61. The Balaban J connectivity index is 1.96. The summed E-state index contributed by atoms with van der Waals surface area (Å²) >= 11 is 0. The molecule has 1 heterocycles. The molecule has 0 spiro atoms. The molecule has 0 atom stereocenters. The normalized spacial score (nSPS) is 14.5. The van der Waals surface area contributed by atoms with E-state index in [2.05, 4.69) is 11.1 Å². The van der Waals surface area contributed by atoms with Gasteiger partial charge in [0.2, 0.25) is 0 Å². The zero-order valence-corrected chi connectivity index (χ0v) is 11.5. The average molecular weight is 277 g/mol. The second kappa shape index (κ2) is 4.48. The first kappa shape index (κ1) is 12.2. The van der Waals surface area contributed by atoms with Gasteiger partial charge in [-0.25, -0.2) is 4.79 Å². The summed E-state index contributed by atoms with van der Waals surface area (Å²) in [4.78, 5) is 14.9. The average Bonchev–Trinajstić information content (AvgIpc) is 3.25. The van der Waals surface area contributed by atoms with E-state index in [0.717, 1.165) is 22.0 Å². The molecule has 104 valence electrons. The van der Waals surface area contributed by atoms with Gasteiger partial charge < -0.3 is 10.1 Å². The van der Waals surface area contributed by atoms with Gasteiger partial charge in [-0.05, 0) is 48.1 Å². The SMILES string of the molecule is O=C(O)c1ccccc1-c1cccc2[nH]c(C3CC3)cc12. The summed E-state index contributed by atoms with van der Waals surface area (Å²) in [5.74, 6) is -0.236. The summed E-state index contributed by atoms with van der Waals surface area (Å²) in [7, 11) is 0. The predicted molar refractivity (Wildman–Crippen MR) is 82.7 cm³/mol. The molecule has 4 rings (SSSR count). The third-order valence-corrected chi connectivity index (χ3v) is 4.15. The number of nitrogens with one attached hydrogen (secondary N) is 1. The van der Waals surface area contributed by atoms with Crippen molar-refractivity contribution in [2.24, 2.45) is 0 Å². The van der Waals surface area contributed by atoms with Gasteiger partial charge in [0, 0.05) is 16.6 Å². The molecular weight excluding hydrogens is 262 g/mol. The van der Waals surface area contributed by atoms with Crippen LogP contribution in [0.3, 0.4) is 0 Å². The number of carboxylic acids is 1. The zero-order valence-electron chi connectivity index (χ0n) is 11.5. The van der Waals surface area contributed by atoms with Crippen LogP contribution in [-0.4, -0.2) is 16.1 Å². The lowest BCUT2D eigenvalue weighted by Crippen LogP contribution is -1.99. The lowest BCUT2D eigenvalue weighted by Gasteiger charge is -2.07. The molecular formula is C18H15NO2. The van der Waals surface area contributed by atoms with E-state index in [9.17, 15) is 9.90 Å². The lowest BCUT2D eigenvalue weighted by molar-refractivity contribution is 0.0698. The van der Waals surface area contributed by atoms with Crippen molar-refractivity contribution >= 4 is 16.9 Å². The van der Waals surface area contributed by atoms with E-state index in [1.807, 2.05) is 30.3 Å². The first-order chi connectivity index (χ1) is 10.2. The second-order valence-corrected chi connectivity index (χ2v) is 5.62. The van der Waals surface area contributed by atoms with Crippen molar-refractivity contribution in [3.63, 3.8) is 0 Å². The van der Waals surface area contributed by atoms with Crippen LogP contribution in [0.1, 0.15) is 34.8 Å². The molecule has 3 aromatic rings. The molecule has 1 aliphatic carbocycles. The highest BCUT2D eigenvalue weighted by molar-refractivity contribution is 6.03. The summed E-state index contributed by atoms with van der Waals surface area (Å²) in [5, 5.41) is 10.5. The topological polar surface area (TPSA) is 53.1 Å². The molecule has 0 unspecified atom stereocenters. The fraction of sp³-hybridized carbons (Fsp3) is 0.167. The largest absolute Gasteiger partial charge is 0.478 e. The lowest BCUT2D eigenvalue weighted by atomic mass is 9.97. The second-order valence-electron chi connectivity index (χ2n) is 5.62. The van der Waals surface area contributed by atoms with Crippen molar-refractivity contribution in [2.75, 3.05) is 0 Å². The van der Waals surface area contributed by atoms with Gasteiger partial charge >= 0.3 is 5.97 Å². The Morgan fingerprint density at radius 1 is 1.05 bits per heavy atom. The van der Waals surface area contributed by atoms with E-state index in [0.29, 0.717) is 11.5 Å². The van der Waals surface area contributed by atoms with Gasteiger partial charge in [0.25, 0.3) is 0 Å². The van der Waals surface area contributed by atoms with Crippen LogP contribution in [0.25, 0.3) is 22.0 Å². The van der Waals surface area contributed by atoms with Crippen molar-refractivity contribution < 1.29 is 9.90 Å². The Labute approximate surface area is 122 Å². The number of benzene rings is 2. The minimum absolute atomic E-state index is 0.346. The van der Waals surface area contributed by atoms with Crippen LogP contribution in [0.2, 0.25) is 0 Å². The first-order valence-corrected chi connectivity index (χ1v) is 7.18. The van der Waals surface area contributed by atoms with Crippen LogP contribution in [0.4, 0.5) is 0 Å². The van der Waals surface area contributed by atoms with Crippen molar-refractivity contribution in [1.29, 1.82) is 0 Å². The number of aromatic carboxylic acids is 1. The monoisotopic (exact) mass is 277 g/mol. The maximum Gasteiger partial charge on any atom is 0.336 e. The molecule has 1 fully saturated rings. The fourth-order valence-electron chi connectivity index (χ4n) is 2.93. The minimum Gasteiger partial charge on any atom is -0.478 e. The number of carboxylic acid groups (broad SMARTS) is 1. The number of carbonyl (C=O) groups is 1. The molecule has 1 aromatic heterocycles. The van der Waals surface area contributed by atoms with Crippen LogP contribution < -0.4 is 0 Å². The van der Waals surface area contributed by atoms with Gasteiger partial charge in [-0.3, -0.25) is 0 Å². The summed E-state index contributed by atoms with van der Waals surface area (Å²) in [5.41, 5.74) is 4.45. The summed E-state index contributed by atoms with van der Waals surface area (Å²) in [6.07, 6.45) is 2.49. The highest BCUT2D eigenvalue weighted by atomic mass is 16.4. The van der Waals surface area contributed by atoms with E-state index >= 15 is 0 Å². The highest BCUT2D eigenvalue weighted by Crippen LogP contribution is 2.42. The zero-order chi connectivity index (χ0) is 14.4. The van der Waals surface area contributed by atoms with Gasteiger partial charge in [-0.1, -0.05) is 30.3 Å². The fourth-order valence-corrected chi connectivity index (χ4v) is 2.93. The molecule has 2 N–H and O–H groups in total. The van der Waals surface area contributed by atoms with Gasteiger partial charge in [0.1, 0.15) is 0 Å². The van der Waals surface area contributed by atoms with E-state index in [1.54, 1.807) is 12.1 Å². The van der Waals surface area contributed by atoms with Crippen LogP contribution in [0.5, 0.6) is 0 Å². The van der Waals surface area contributed by atoms with Crippen LogP contribution in [-0.2, 0) is 0 Å². The van der Waals surface area contributed by atoms with Gasteiger partial charge in [-0.2, -0.15) is 0 Å². The van der Waals surface area contributed by atoms with E-state index < -0.39 is 5.97 Å². The van der Waals surface area contributed by atoms with Crippen molar-refractivity contribution in [3.8, 4) is 11.1 Å². The summed E-state index contributed by atoms with van der Waals surface area (Å²) < 4.78 is 0. The number of rotatable bonds is 3. The molecule has 0 aliphatic heterocycles. The van der Waals surface area contributed by atoms with Gasteiger partial charge in [0.15, 0.2) is 0 Å². The Morgan fingerprint density at radius 2 is 1.81 bits per heavy atom. The number of fused-ring (bicyclic) bond motifs is 1. The molecule has 1 saturated carbocycles. The quantitative estimate of drug-likeness (QED) is 0.745. The molecule has 0 radical (unpaired) electrons. The minimum atomic E-state index is -0.888. The van der Waals surface area contributed by atoms with Gasteiger partial charge in [-0.15, -0.1) is 0 Å². The third kappa shape index (κ3) is 2.02. The molecule has 2 aromatic carbocycles. The maximum absolute atomic E-state index is 11.4. The van der Waals surface area contributed by atoms with E-state index in [-0.39, 0.29) is 0 Å². The molecule has 0 bridgehead atoms. The number of hydrogen-bond donors (Lipinski definition) is 2. The predicted octanol–water partition coefficient (Wildman–Crippen LogP) is 4.41. The van der Waals surface area contributed by atoms with Crippen molar-refractivity contribution in [3.05, 3.63) is 59.8 Å². The Morgan fingerprint density at radius 3 is 2.57 bits per heavy atom. The van der Waals surface area contributed by atoms with Crippen LogP contribution >= 0.6 is 0 Å². The number of hydrogen-bond acceptors (Lipinski definition) is 1. The van der Waals surface area contributed by atoms with Crippen LogP contribution in [0, 0.1) is 0 Å².